The van der Waals surface area contributed by atoms with Gasteiger partial charge in [0.05, 0.1) is 21.2 Å². The number of nitrogens with two attached hydrogens (primary N) is 2. The van der Waals surface area contributed by atoms with Crippen LogP contribution in [0.3, 0.4) is 0 Å². The molecule has 0 saturated heterocycles. The predicted octanol–water partition coefficient (Wildman–Crippen LogP) is 0.501. The van der Waals surface area contributed by atoms with Crippen molar-refractivity contribution in [2.45, 2.75) is 19.6 Å². The topological polar surface area (TPSA) is 265 Å². The highest BCUT2D eigenvalue weighted by atomic mass is 32.2. The zero-order valence-corrected chi connectivity index (χ0v) is 16.1. The van der Waals surface area contributed by atoms with Crippen LogP contribution < -0.4 is 23.8 Å². The van der Waals surface area contributed by atoms with Crippen molar-refractivity contribution in [2.75, 3.05) is 11.5 Å². The molecule has 0 radical (unpaired) electrons. The van der Waals surface area contributed by atoms with E-state index in [0.29, 0.717) is 12.1 Å². The lowest BCUT2D eigenvalue weighted by molar-refractivity contribution is 0.481. The Morgan fingerprint density at radius 2 is 0.926 bits per heavy atom. The van der Waals surface area contributed by atoms with E-state index in [2.05, 4.69) is 0 Å². The molecule has 0 atom stereocenters. The Morgan fingerprint density at radius 1 is 0.630 bits per heavy atom. The monoisotopic (exact) mass is 442 g/mol. The van der Waals surface area contributed by atoms with Crippen LogP contribution in [0.1, 0.15) is 0 Å². The van der Waals surface area contributed by atoms with E-state index in [1.54, 1.807) is 0 Å². The molecule has 2 aromatic rings. The highest BCUT2D eigenvalue weighted by Gasteiger charge is 2.25. The highest BCUT2D eigenvalue weighted by Crippen LogP contribution is 2.29. The third-order valence-electron chi connectivity index (χ3n) is 3.15. The fourth-order valence-electron chi connectivity index (χ4n) is 1.95. The number of hydrogen-bond donors (Lipinski definition) is 6. The molecule has 15 heteroatoms. The van der Waals surface area contributed by atoms with Gasteiger partial charge in [0.1, 0.15) is 9.79 Å². The van der Waals surface area contributed by atoms with Gasteiger partial charge in [0.15, 0.2) is 0 Å². The number of nitrogen functional groups attached to an aromatic ring is 2. The summed E-state index contributed by atoms with van der Waals surface area (Å²) in [4.78, 5) is -2.78. The average Bonchev–Trinajstić information content (AvgIpc) is 2.45. The van der Waals surface area contributed by atoms with Crippen molar-refractivity contribution in [3.05, 3.63) is 36.4 Å². The summed E-state index contributed by atoms with van der Waals surface area (Å²) in [6.45, 7) is 0. The Morgan fingerprint density at radius 3 is 1.19 bits per heavy atom. The molecule has 12 nitrogen and oxygen atoms in total. The predicted molar refractivity (Wildman–Crippen MR) is 96.8 cm³/mol. The normalized spacial score (nSPS) is 11.9. The summed E-state index contributed by atoms with van der Waals surface area (Å²) < 4.78 is 88.3. The van der Waals surface area contributed by atoms with Gasteiger partial charge in [-0.05, 0) is 36.4 Å². The van der Waals surface area contributed by atoms with Crippen LogP contribution in [0.2, 0.25) is 0 Å². The minimum Gasteiger partial charge on any atom is -0.398 e. The highest BCUT2D eigenvalue weighted by molar-refractivity contribution is 7.91. The van der Waals surface area contributed by atoms with E-state index < -0.39 is 49.7 Å². The number of benzene rings is 2. The van der Waals surface area contributed by atoms with E-state index >= 15 is 0 Å². The van der Waals surface area contributed by atoms with Gasteiger partial charge in [-0.15, -0.1) is 0 Å². The molecule has 27 heavy (non-hydrogen) atoms. The molecule has 0 aliphatic rings. The molecule has 12 N–H and O–H groups in total. The molecule has 0 bridgehead atoms. The minimum absolute atomic E-state index is 0. The summed E-state index contributed by atoms with van der Waals surface area (Å²) in [5.74, 6) is 0. The summed E-state index contributed by atoms with van der Waals surface area (Å²) in [6, 6.07) is 5.12. The van der Waals surface area contributed by atoms with Crippen LogP contribution in [0.4, 0.5) is 11.4 Å². The molecule has 0 fully saturated rings. The first-order chi connectivity index (χ1) is 11.2. The fourth-order valence-corrected chi connectivity index (χ4v) is 4.69. The van der Waals surface area contributed by atoms with Crippen molar-refractivity contribution in [1.29, 1.82) is 0 Å². The van der Waals surface area contributed by atoms with Crippen LogP contribution in [0.15, 0.2) is 56.0 Å². The van der Waals surface area contributed by atoms with Crippen LogP contribution in [0.25, 0.3) is 0 Å². The van der Waals surface area contributed by atoms with Gasteiger partial charge in [-0.1, -0.05) is 0 Å². The lowest BCUT2D eigenvalue weighted by atomic mass is 10.3. The first-order valence-corrected chi connectivity index (χ1v) is 10.6. The van der Waals surface area contributed by atoms with Gasteiger partial charge in [-0.2, -0.15) is 16.8 Å². The molecule has 0 unspecified atom stereocenters. The zero-order valence-electron chi connectivity index (χ0n) is 13.6. The third-order valence-corrected chi connectivity index (χ3v) is 6.71. The molecule has 0 aliphatic heterocycles. The summed E-state index contributed by atoms with van der Waals surface area (Å²) >= 11 is 0. The fraction of sp³-hybridized carbons (Fsp3) is 0. The number of sulfone groups is 1. The molecular formula is C12H18N4O8S3. The quantitative estimate of drug-likeness (QED) is 0.279. The maximum atomic E-state index is 12.6. The molecule has 152 valence electrons. The maximum Gasteiger partial charge on any atom is 0.296 e. The van der Waals surface area contributed by atoms with Crippen molar-refractivity contribution in [1.82, 2.24) is 12.3 Å². The number of rotatable bonds is 4. The summed E-state index contributed by atoms with van der Waals surface area (Å²) in [6.07, 6.45) is 0. The van der Waals surface area contributed by atoms with Crippen molar-refractivity contribution < 1.29 is 34.4 Å². The second-order valence-electron chi connectivity index (χ2n) is 4.85. The lowest BCUT2D eigenvalue weighted by Gasteiger charge is -2.10. The Hall–Kier alpha value is -2.27. The number of hydrogen-bond acceptors (Lipinski definition) is 10. The largest absolute Gasteiger partial charge is 0.398 e. The van der Waals surface area contributed by atoms with Crippen LogP contribution in [-0.2, 0) is 30.1 Å². The SMILES string of the molecule is N.N.Nc1ccc(S(=O)(=O)c2ccc(N)c(S(=O)(=O)O)c2)cc1S(=O)(=O)O. The zero-order chi connectivity index (χ0) is 19.2. The first-order valence-electron chi connectivity index (χ1n) is 6.24. The van der Waals surface area contributed by atoms with Crippen molar-refractivity contribution in [3.63, 3.8) is 0 Å². The lowest BCUT2D eigenvalue weighted by Crippen LogP contribution is -2.09. The molecule has 0 saturated carbocycles. The van der Waals surface area contributed by atoms with E-state index in [1.807, 2.05) is 0 Å². The van der Waals surface area contributed by atoms with Gasteiger partial charge in [0.25, 0.3) is 20.2 Å². The Balaban J connectivity index is 0.00000338. The second-order valence-corrected chi connectivity index (χ2v) is 9.58. The van der Waals surface area contributed by atoms with E-state index in [9.17, 15) is 25.3 Å². The van der Waals surface area contributed by atoms with E-state index in [-0.39, 0.29) is 23.7 Å². The standard InChI is InChI=1S/C12H12N2O8S3.2H3N/c13-9-3-1-7(5-11(9)24(17,18)19)23(15,16)8-2-4-10(14)12(6-8)25(20,21)22;;/h1-6H,13-14H2,(H,17,18,19)(H,20,21,22);2*1H3. The molecular weight excluding hydrogens is 424 g/mol. The average molecular weight is 442 g/mol. The molecule has 2 rings (SSSR count). The van der Waals surface area contributed by atoms with Gasteiger partial charge < -0.3 is 23.8 Å². The van der Waals surface area contributed by atoms with Gasteiger partial charge in [-0.25, -0.2) is 8.42 Å². The van der Waals surface area contributed by atoms with Gasteiger partial charge >= 0.3 is 0 Å². The second kappa shape index (κ2) is 7.77. The Labute approximate surface area is 155 Å². The van der Waals surface area contributed by atoms with Crippen LogP contribution in [-0.4, -0.2) is 34.4 Å². The molecule has 2 aromatic carbocycles. The van der Waals surface area contributed by atoms with E-state index in [4.69, 9.17) is 20.6 Å². The Bertz CT molecular complexity index is 1090. The van der Waals surface area contributed by atoms with Crippen molar-refractivity contribution >= 4 is 41.4 Å². The van der Waals surface area contributed by atoms with E-state index in [0.717, 1.165) is 24.3 Å². The molecule has 0 aliphatic carbocycles. The minimum atomic E-state index is -4.78. The van der Waals surface area contributed by atoms with E-state index in [1.165, 1.54) is 0 Å². The Kier molecular flexibility index (Phi) is 7.11. The van der Waals surface area contributed by atoms with Gasteiger partial charge in [-0.3, -0.25) is 9.11 Å². The molecule has 0 amide bonds. The van der Waals surface area contributed by atoms with Crippen LogP contribution >= 0.6 is 0 Å². The molecule has 0 heterocycles. The van der Waals surface area contributed by atoms with Crippen molar-refractivity contribution in [2.24, 2.45) is 0 Å². The smallest absolute Gasteiger partial charge is 0.296 e. The van der Waals surface area contributed by atoms with Crippen LogP contribution in [0, 0.1) is 0 Å². The van der Waals surface area contributed by atoms with Crippen molar-refractivity contribution in [3.8, 4) is 0 Å². The first kappa shape index (κ1) is 24.7. The summed E-state index contributed by atoms with van der Waals surface area (Å²) in [7, 11) is -14.0. The summed E-state index contributed by atoms with van der Waals surface area (Å²) in [5.41, 5.74) is 10.0. The maximum absolute atomic E-state index is 12.6. The third kappa shape index (κ3) is 4.92. The van der Waals surface area contributed by atoms with Gasteiger partial charge in [0, 0.05) is 0 Å². The summed E-state index contributed by atoms with van der Waals surface area (Å²) in [5, 5.41) is 0. The molecule has 0 aromatic heterocycles. The van der Waals surface area contributed by atoms with Crippen LogP contribution in [0.5, 0.6) is 0 Å². The molecule has 0 spiro atoms. The van der Waals surface area contributed by atoms with Gasteiger partial charge in [0.2, 0.25) is 9.84 Å². The number of anilines is 2.